The molecule has 2 N–H and O–H groups in total. The SMILES string of the molecule is C[C@H]1N[C@H]2c3ccccc3[C@@H]1[C@@H](O)c1ccccc12. The number of hydrogen-bond acceptors (Lipinski definition) is 2. The van der Waals surface area contributed by atoms with Crippen molar-refractivity contribution in [3.63, 3.8) is 0 Å². The third-order valence-corrected chi connectivity index (χ3v) is 4.60. The number of fused-ring (bicyclic) bond motifs is 1. The Kier molecular flexibility index (Phi) is 2.32. The molecule has 2 heterocycles. The summed E-state index contributed by atoms with van der Waals surface area (Å²) in [5, 5.41) is 14.5. The summed E-state index contributed by atoms with van der Waals surface area (Å²) >= 11 is 0. The van der Waals surface area contributed by atoms with Crippen molar-refractivity contribution in [2.75, 3.05) is 0 Å². The van der Waals surface area contributed by atoms with E-state index in [0.717, 1.165) is 5.56 Å². The topological polar surface area (TPSA) is 32.3 Å². The molecule has 0 amide bonds. The van der Waals surface area contributed by atoms with Crippen LogP contribution in [0.2, 0.25) is 0 Å². The second-order valence-corrected chi connectivity index (χ2v) is 5.62. The van der Waals surface area contributed by atoms with Crippen LogP contribution in [0.1, 0.15) is 47.2 Å². The molecule has 1 aliphatic carbocycles. The maximum atomic E-state index is 10.8. The van der Waals surface area contributed by atoms with Gasteiger partial charge in [0.05, 0.1) is 12.1 Å². The van der Waals surface area contributed by atoms with Gasteiger partial charge >= 0.3 is 0 Å². The van der Waals surface area contributed by atoms with Crippen LogP contribution in [0.25, 0.3) is 0 Å². The molecule has 0 saturated heterocycles. The van der Waals surface area contributed by atoms with E-state index < -0.39 is 6.10 Å². The van der Waals surface area contributed by atoms with E-state index in [1.54, 1.807) is 0 Å². The van der Waals surface area contributed by atoms with E-state index in [4.69, 9.17) is 0 Å². The molecule has 96 valence electrons. The molecule has 0 unspecified atom stereocenters. The van der Waals surface area contributed by atoms with Crippen LogP contribution in [0, 0.1) is 0 Å². The summed E-state index contributed by atoms with van der Waals surface area (Å²) in [6.07, 6.45) is -0.424. The fourth-order valence-corrected chi connectivity index (χ4v) is 3.74. The molecule has 0 aromatic heterocycles. The average Bonchev–Trinajstić information content (AvgIpc) is 2.62. The molecule has 4 atom stereocenters. The quantitative estimate of drug-likeness (QED) is 0.754. The number of nitrogens with one attached hydrogen (secondary N) is 1. The Balaban J connectivity index is 2.04. The van der Waals surface area contributed by atoms with Gasteiger partial charge in [-0.15, -0.1) is 0 Å². The number of aliphatic hydroxyl groups is 1. The smallest absolute Gasteiger partial charge is 0.0876 e. The van der Waals surface area contributed by atoms with Gasteiger partial charge < -0.3 is 10.4 Å². The first-order valence-corrected chi connectivity index (χ1v) is 6.89. The van der Waals surface area contributed by atoms with Gasteiger partial charge in [-0.3, -0.25) is 0 Å². The Bertz CT molecular complexity index is 637. The zero-order chi connectivity index (χ0) is 13.0. The minimum absolute atomic E-state index is 0.135. The van der Waals surface area contributed by atoms with Crippen molar-refractivity contribution in [1.82, 2.24) is 5.32 Å². The largest absolute Gasteiger partial charge is 0.388 e. The van der Waals surface area contributed by atoms with Gasteiger partial charge in [-0.05, 0) is 29.2 Å². The number of hydrogen-bond donors (Lipinski definition) is 2. The predicted molar refractivity (Wildman–Crippen MR) is 75.0 cm³/mol. The molecule has 0 spiro atoms. The van der Waals surface area contributed by atoms with Crippen LogP contribution in [0.5, 0.6) is 0 Å². The van der Waals surface area contributed by atoms with E-state index in [0.29, 0.717) is 0 Å². The lowest BCUT2D eigenvalue weighted by molar-refractivity contribution is 0.128. The molecular weight excluding hydrogens is 234 g/mol. The minimum Gasteiger partial charge on any atom is -0.388 e. The molecule has 2 aromatic rings. The zero-order valence-corrected chi connectivity index (χ0v) is 10.9. The predicted octanol–water partition coefficient (Wildman–Crippen LogP) is 2.90. The average molecular weight is 251 g/mol. The van der Waals surface area contributed by atoms with E-state index >= 15 is 0 Å². The van der Waals surface area contributed by atoms with Crippen molar-refractivity contribution in [1.29, 1.82) is 0 Å². The van der Waals surface area contributed by atoms with Crippen LogP contribution in [0.15, 0.2) is 48.5 Å². The summed E-state index contributed by atoms with van der Waals surface area (Å²) in [6, 6.07) is 17.3. The van der Waals surface area contributed by atoms with Crippen LogP contribution in [-0.4, -0.2) is 11.1 Å². The lowest BCUT2D eigenvalue weighted by Gasteiger charge is -2.35. The van der Waals surface area contributed by atoms with Gasteiger partial charge in [-0.1, -0.05) is 48.5 Å². The molecule has 2 nitrogen and oxygen atoms in total. The molecule has 3 aliphatic rings. The highest BCUT2D eigenvalue weighted by Gasteiger charge is 2.42. The van der Waals surface area contributed by atoms with Gasteiger partial charge in [0, 0.05) is 12.0 Å². The van der Waals surface area contributed by atoms with E-state index in [1.807, 2.05) is 6.07 Å². The monoisotopic (exact) mass is 251 g/mol. The summed E-state index contributed by atoms with van der Waals surface area (Å²) < 4.78 is 0. The van der Waals surface area contributed by atoms with Crippen molar-refractivity contribution >= 4 is 0 Å². The Morgan fingerprint density at radius 3 is 2.05 bits per heavy atom. The van der Waals surface area contributed by atoms with Gasteiger partial charge in [0.25, 0.3) is 0 Å². The number of benzene rings is 2. The zero-order valence-electron chi connectivity index (χ0n) is 10.9. The lowest BCUT2D eigenvalue weighted by Crippen LogP contribution is -2.40. The Morgan fingerprint density at radius 2 is 1.37 bits per heavy atom. The normalized spacial score (nSPS) is 31.5. The molecule has 2 aromatic carbocycles. The molecule has 0 radical (unpaired) electrons. The van der Waals surface area contributed by atoms with Crippen molar-refractivity contribution in [2.24, 2.45) is 0 Å². The summed E-state index contributed by atoms with van der Waals surface area (Å²) in [7, 11) is 0. The summed E-state index contributed by atoms with van der Waals surface area (Å²) in [5.41, 5.74) is 4.90. The minimum atomic E-state index is -0.424. The van der Waals surface area contributed by atoms with Gasteiger partial charge in [0.2, 0.25) is 0 Å². The number of aliphatic hydroxyl groups excluding tert-OH is 1. The highest BCUT2D eigenvalue weighted by Crippen LogP contribution is 2.48. The van der Waals surface area contributed by atoms with Gasteiger partial charge in [-0.25, -0.2) is 0 Å². The first kappa shape index (κ1) is 11.2. The molecular formula is C17H17NO. The van der Waals surface area contributed by atoms with Gasteiger partial charge in [0.15, 0.2) is 0 Å². The van der Waals surface area contributed by atoms with Crippen molar-refractivity contribution in [2.45, 2.75) is 31.0 Å². The highest BCUT2D eigenvalue weighted by atomic mass is 16.3. The lowest BCUT2D eigenvalue weighted by atomic mass is 9.81. The van der Waals surface area contributed by atoms with Gasteiger partial charge in [0.1, 0.15) is 0 Å². The fraction of sp³-hybridized carbons (Fsp3) is 0.294. The van der Waals surface area contributed by atoms with E-state index in [1.165, 1.54) is 16.7 Å². The molecule has 0 fully saturated rings. The Labute approximate surface area is 113 Å². The maximum absolute atomic E-state index is 10.8. The van der Waals surface area contributed by atoms with Crippen LogP contribution in [0.3, 0.4) is 0 Å². The Morgan fingerprint density at radius 1 is 0.842 bits per heavy atom. The second kappa shape index (κ2) is 3.92. The standard InChI is InChI=1S/C17H17NO/c1-10-15-11-6-2-3-7-12(11)16(18-10)13-8-4-5-9-14(13)17(15)19/h2-10,15-19H,1H3/t10-,15-,16+,17+/m1/s1. The fourth-order valence-electron chi connectivity index (χ4n) is 3.74. The van der Waals surface area contributed by atoms with E-state index in [2.05, 4.69) is 54.7 Å². The summed E-state index contributed by atoms with van der Waals surface area (Å²) in [6.45, 7) is 2.17. The van der Waals surface area contributed by atoms with Crippen LogP contribution in [0.4, 0.5) is 0 Å². The molecule has 19 heavy (non-hydrogen) atoms. The second-order valence-electron chi connectivity index (χ2n) is 5.62. The summed E-state index contributed by atoms with van der Waals surface area (Å²) in [4.78, 5) is 0. The highest BCUT2D eigenvalue weighted by molar-refractivity contribution is 5.50. The molecule has 2 bridgehead atoms. The van der Waals surface area contributed by atoms with Crippen molar-refractivity contribution in [3.8, 4) is 0 Å². The first-order chi connectivity index (χ1) is 9.27. The van der Waals surface area contributed by atoms with Gasteiger partial charge in [-0.2, -0.15) is 0 Å². The molecule has 5 rings (SSSR count). The molecule has 0 saturated carbocycles. The van der Waals surface area contributed by atoms with E-state index in [9.17, 15) is 5.11 Å². The summed E-state index contributed by atoms with van der Waals surface area (Å²) in [5.74, 6) is 0.135. The van der Waals surface area contributed by atoms with Crippen LogP contribution in [-0.2, 0) is 0 Å². The molecule has 2 heteroatoms. The maximum Gasteiger partial charge on any atom is 0.0876 e. The van der Waals surface area contributed by atoms with Crippen molar-refractivity contribution < 1.29 is 5.11 Å². The first-order valence-electron chi connectivity index (χ1n) is 6.89. The third kappa shape index (κ3) is 1.44. The molecule has 2 aliphatic heterocycles. The Hall–Kier alpha value is -1.64. The van der Waals surface area contributed by atoms with Crippen LogP contribution < -0.4 is 5.32 Å². The van der Waals surface area contributed by atoms with Crippen molar-refractivity contribution in [3.05, 3.63) is 70.8 Å². The number of rotatable bonds is 0. The van der Waals surface area contributed by atoms with E-state index in [-0.39, 0.29) is 18.0 Å². The van der Waals surface area contributed by atoms with Crippen LogP contribution >= 0.6 is 0 Å². The third-order valence-electron chi connectivity index (χ3n) is 4.60.